The molecule has 8 nitrogen and oxygen atoms in total. The molecule has 0 radical (unpaired) electrons. The Labute approximate surface area is 154 Å². The van der Waals surface area contributed by atoms with Gasteiger partial charge in [-0.3, -0.25) is 0 Å². The topological polar surface area (TPSA) is 101 Å². The largest absolute Gasteiger partial charge is 0.457 e. The molecule has 4 atom stereocenters. The third kappa shape index (κ3) is 13.5. The van der Waals surface area contributed by atoms with Gasteiger partial charge in [-0.1, -0.05) is 13.2 Å². The van der Waals surface area contributed by atoms with Crippen LogP contribution in [0.1, 0.15) is 20.8 Å². The molecular formula is C18H30O8. The lowest BCUT2D eigenvalue weighted by molar-refractivity contribution is -0.148. The number of carbonyl (C=O) groups excluding carboxylic acids is 2. The van der Waals surface area contributed by atoms with Crippen molar-refractivity contribution in [2.24, 2.45) is 0 Å². The van der Waals surface area contributed by atoms with Crippen molar-refractivity contribution in [3.8, 4) is 0 Å². The van der Waals surface area contributed by atoms with Crippen molar-refractivity contribution in [2.45, 2.75) is 45.2 Å². The van der Waals surface area contributed by atoms with Gasteiger partial charge in [0.25, 0.3) is 0 Å². The zero-order valence-corrected chi connectivity index (χ0v) is 15.7. The van der Waals surface area contributed by atoms with Crippen molar-refractivity contribution in [1.82, 2.24) is 0 Å². The number of ether oxygens (including phenoxy) is 5. The number of esters is 2. The summed E-state index contributed by atoms with van der Waals surface area (Å²) in [5.41, 5.74) is 0. The van der Waals surface area contributed by atoms with E-state index in [0.29, 0.717) is 0 Å². The molecule has 0 aliphatic carbocycles. The van der Waals surface area contributed by atoms with E-state index in [2.05, 4.69) is 13.2 Å². The summed E-state index contributed by atoms with van der Waals surface area (Å²) >= 11 is 0. The zero-order valence-electron chi connectivity index (χ0n) is 15.7. The molecule has 4 unspecified atom stereocenters. The molecule has 0 aromatic carbocycles. The summed E-state index contributed by atoms with van der Waals surface area (Å²) in [6, 6.07) is 0. The molecule has 0 amide bonds. The predicted molar refractivity (Wildman–Crippen MR) is 94.6 cm³/mol. The van der Waals surface area contributed by atoms with Gasteiger partial charge in [0, 0.05) is 12.2 Å². The van der Waals surface area contributed by atoms with E-state index in [1.807, 2.05) is 0 Å². The Morgan fingerprint density at radius 2 is 1.23 bits per heavy atom. The SMILES string of the molecule is C=CC(=O)OC(C)COCC(O)COCC(C)OCC(C)OC(=O)C=C. The summed E-state index contributed by atoms with van der Waals surface area (Å²) in [4.78, 5) is 22.0. The van der Waals surface area contributed by atoms with E-state index in [1.54, 1.807) is 20.8 Å². The Morgan fingerprint density at radius 1 is 0.808 bits per heavy atom. The number of aliphatic hydroxyl groups excluding tert-OH is 1. The van der Waals surface area contributed by atoms with Gasteiger partial charge >= 0.3 is 11.9 Å². The van der Waals surface area contributed by atoms with Crippen LogP contribution in [0.2, 0.25) is 0 Å². The van der Waals surface area contributed by atoms with Gasteiger partial charge in [0.05, 0.1) is 39.1 Å². The summed E-state index contributed by atoms with van der Waals surface area (Å²) < 4.78 is 26.0. The molecule has 8 heteroatoms. The molecule has 0 aliphatic rings. The third-order valence-corrected chi connectivity index (χ3v) is 2.91. The van der Waals surface area contributed by atoms with Gasteiger partial charge in [0.1, 0.15) is 18.3 Å². The highest BCUT2D eigenvalue weighted by Gasteiger charge is 2.12. The molecular weight excluding hydrogens is 344 g/mol. The Morgan fingerprint density at radius 3 is 1.69 bits per heavy atom. The van der Waals surface area contributed by atoms with Gasteiger partial charge in [-0.2, -0.15) is 0 Å². The van der Waals surface area contributed by atoms with Crippen LogP contribution in [0.15, 0.2) is 25.3 Å². The van der Waals surface area contributed by atoms with Gasteiger partial charge in [-0.25, -0.2) is 9.59 Å². The van der Waals surface area contributed by atoms with E-state index >= 15 is 0 Å². The minimum Gasteiger partial charge on any atom is -0.457 e. The van der Waals surface area contributed by atoms with Crippen LogP contribution in [0.4, 0.5) is 0 Å². The van der Waals surface area contributed by atoms with E-state index in [4.69, 9.17) is 23.7 Å². The van der Waals surface area contributed by atoms with Crippen LogP contribution in [-0.4, -0.2) is 74.5 Å². The van der Waals surface area contributed by atoms with Gasteiger partial charge in [0.2, 0.25) is 0 Å². The van der Waals surface area contributed by atoms with Crippen molar-refractivity contribution in [3.05, 3.63) is 25.3 Å². The number of aliphatic hydroxyl groups is 1. The molecule has 0 aromatic heterocycles. The minimum absolute atomic E-state index is 0.0553. The second-order valence-electron chi connectivity index (χ2n) is 5.78. The Hall–Kier alpha value is -1.74. The molecule has 0 heterocycles. The van der Waals surface area contributed by atoms with E-state index < -0.39 is 24.1 Å². The smallest absolute Gasteiger partial charge is 0.330 e. The molecule has 150 valence electrons. The van der Waals surface area contributed by atoms with Crippen LogP contribution in [0.3, 0.4) is 0 Å². The quantitative estimate of drug-likeness (QED) is 0.335. The molecule has 0 fully saturated rings. The van der Waals surface area contributed by atoms with Crippen molar-refractivity contribution < 1.29 is 38.4 Å². The predicted octanol–water partition coefficient (Wildman–Crippen LogP) is 1.02. The third-order valence-electron chi connectivity index (χ3n) is 2.91. The van der Waals surface area contributed by atoms with Crippen LogP contribution >= 0.6 is 0 Å². The van der Waals surface area contributed by atoms with Crippen LogP contribution < -0.4 is 0 Å². The summed E-state index contributed by atoms with van der Waals surface area (Å²) in [5.74, 6) is -1.02. The highest BCUT2D eigenvalue weighted by atomic mass is 16.6. The Bertz CT molecular complexity index is 437. The van der Waals surface area contributed by atoms with Gasteiger partial charge in [0.15, 0.2) is 0 Å². The van der Waals surface area contributed by atoms with Crippen molar-refractivity contribution in [1.29, 1.82) is 0 Å². The summed E-state index contributed by atoms with van der Waals surface area (Å²) in [7, 11) is 0. The molecule has 0 rings (SSSR count). The maximum atomic E-state index is 11.0. The Balaban J connectivity index is 3.72. The van der Waals surface area contributed by atoms with Crippen molar-refractivity contribution in [2.75, 3.05) is 33.0 Å². The molecule has 26 heavy (non-hydrogen) atoms. The molecule has 0 aromatic rings. The van der Waals surface area contributed by atoms with E-state index in [0.717, 1.165) is 12.2 Å². The average molecular weight is 374 g/mol. The molecule has 1 N–H and O–H groups in total. The highest BCUT2D eigenvalue weighted by molar-refractivity contribution is 5.81. The first-order chi connectivity index (χ1) is 12.3. The zero-order chi connectivity index (χ0) is 19.9. The molecule has 0 spiro atoms. The maximum absolute atomic E-state index is 11.0. The normalized spacial score (nSPS) is 15.4. The molecule has 0 aliphatic heterocycles. The fourth-order valence-corrected chi connectivity index (χ4v) is 1.70. The van der Waals surface area contributed by atoms with E-state index in [1.165, 1.54) is 0 Å². The summed E-state index contributed by atoms with van der Waals surface area (Å²) in [5, 5.41) is 9.77. The van der Waals surface area contributed by atoms with Crippen LogP contribution in [0.5, 0.6) is 0 Å². The summed E-state index contributed by atoms with van der Waals surface area (Å²) in [6.45, 7) is 12.6. The number of hydrogen-bond acceptors (Lipinski definition) is 8. The summed E-state index contributed by atoms with van der Waals surface area (Å²) in [6.07, 6.45) is 0.310. The lowest BCUT2D eigenvalue weighted by atomic mass is 10.4. The van der Waals surface area contributed by atoms with E-state index in [-0.39, 0.29) is 45.2 Å². The van der Waals surface area contributed by atoms with Crippen molar-refractivity contribution >= 4 is 11.9 Å². The molecule has 0 bridgehead atoms. The lowest BCUT2D eigenvalue weighted by Crippen LogP contribution is -2.28. The monoisotopic (exact) mass is 374 g/mol. The Kier molecular flexibility index (Phi) is 13.5. The van der Waals surface area contributed by atoms with Crippen LogP contribution in [0, 0.1) is 0 Å². The maximum Gasteiger partial charge on any atom is 0.330 e. The number of rotatable bonds is 15. The minimum atomic E-state index is -0.808. The highest BCUT2D eigenvalue weighted by Crippen LogP contribution is 2.00. The number of carbonyl (C=O) groups is 2. The fraction of sp³-hybridized carbons (Fsp3) is 0.667. The van der Waals surface area contributed by atoms with Gasteiger partial charge < -0.3 is 28.8 Å². The van der Waals surface area contributed by atoms with E-state index in [9.17, 15) is 14.7 Å². The molecule has 0 saturated carbocycles. The lowest BCUT2D eigenvalue weighted by Gasteiger charge is -2.18. The first-order valence-electron chi connectivity index (χ1n) is 8.39. The first kappa shape index (κ1) is 24.3. The second-order valence-corrected chi connectivity index (χ2v) is 5.78. The standard InChI is InChI=1S/C18H30O8/c1-6-17(20)25-14(4)9-23-12-16(19)11-22-8-13(3)24-10-15(5)26-18(21)7-2/h6-7,13-16,19H,1-2,8-12H2,3-5H3. The average Bonchev–Trinajstić information content (AvgIpc) is 2.59. The van der Waals surface area contributed by atoms with Gasteiger partial charge in [-0.05, 0) is 20.8 Å². The number of hydrogen-bond donors (Lipinski definition) is 1. The first-order valence-corrected chi connectivity index (χ1v) is 8.39. The van der Waals surface area contributed by atoms with Crippen LogP contribution in [0.25, 0.3) is 0 Å². The van der Waals surface area contributed by atoms with Crippen LogP contribution in [-0.2, 0) is 33.3 Å². The molecule has 0 saturated heterocycles. The second kappa shape index (κ2) is 14.4. The fourth-order valence-electron chi connectivity index (χ4n) is 1.70. The van der Waals surface area contributed by atoms with Crippen molar-refractivity contribution in [3.63, 3.8) is 0 Å². The van der Waals surface area contributed by atoms with Gasteiger partial charge in [-0.15, -0.1) is 0 Å².